The molecule has 0 saturated heterocycles. The molecule has 0 aliphatic heterocycles. The number of aromatic nitrogens is 1. The molecule has 3 heteroatoms. The first-order chi connectivity index (χ1) is 7.72. The van der Waals surface area contributed by atoms with Gasteiger partial charge >= 0.3 is 0 Å². The van der Waals surface area contributed by atoms with Crippen LogP contribution in [0.4, 0.5) is 11.5 Å². The molecule has 3 nitrogen and oxygen atoms in total. The third-order valence-electron chi connectivity index (χ3n) is 3.16. The van der Waals surface area contributed by atoms with Crippen LogP contribution < -0.4 is 11.1 Å². The van der Waals surface area contributed by atoms with E-state index < -0.39 is 0 Å². The third-order valence-corrected chi connectivity index (χ3v) is 3.16. The van der Waals surface area contributed by atoms with Gasteiger partial charge in [-0.25, -0.2) is 4.98 Å². The molecule has 0 radical (unpaired) electrons. The molecule has 1 heterocycles. The average Bonchev–Trinajstić information content (AvgIpc) is 2.95. The topological polar surface area (TPSA) is 50.9 Å². The Kier molecular flexibility index (Phi) is 1.99. The van der Waals surface area contributed by atoms with E-state index in [0.717, 1.165) is 28.3 Å². The summed E-state index contributed by atoms with van der Waals surface area (Å²) in [5, 5.41) is 4.52. The standard InChI is InChI=1S/C13H15N3/c1-8-6-12(8)16-13-5-2-9-7-10(14)3-4-11(9)15-13/h2-5,7-8,12H,6,14H2,1H3,(H,15,16). The van der Waals surface area contributed by atoms with E-state index in [1.807, 2.05) is 24.3 Å². The smallest absolute Gasteiger partial charge is 0.126 e. The quantitative estimate of drug-likeness (QED) is 0.754. The lowest BCUT2D eigenvalue weighted by Gasteiger charge is -2.05. The molecule has 3 N–H and O–H groups in total. The summed E-state index contributed by atoms with van der Waals surface area (Å²) in [6, 6.07) is 10.5. The SMILES string of the molecule is CC1CC1Nc1ccc2cc(N)ccc2n1. The number of hydrogen-bond acceptors (Lipinski definition) is 3. The van der Waals surface area contributed by atoms with Crippen molar-refractivity contribution >= 4 is 22.4 Å². The molecule has 3 rings (SSSR count). The number of hydrogen-bond donors (Lipinski definition) is 2. The molecule has 16 heavy (non-hydrogen) atoms. The molecule has 0 spiro atoms. The molecule has 1 aromatic heterocycles. The van der Waals surface area contributed by atoms with Crippen molar-refractivity contribution in [2.75, 3.05) is 11.1 Å². The lowest BCUT2D eigenvalue weighted by molar-refractivity contribution is 0.925. The zero-order valence-electron chi connectivity index (χ0n) is 9.27. The number of benzene rings is 1. The number of nitrogens with one attached hydrogen (secondary N) is 1. The lowest BCUT2D eigenvalue weighted by atomic mass is 10.2. The number of fused-ring (bicyclic) bond motifs is 1. The van der Waals surface area contributed by atoms with E-state index in [9.17, 15) is 0 Å². The van der Waals surface area contributed by atoms with E-state index in [1.54, 1.807) is 0 Å². The van der Waals surface area contributed by atoms with E-state index in [2.05, 4.69) is 23.3 Å². The molecule has 1 aliphatic carbocycles. The molecule has 2 atom stereocenters. The van der Waals surface area contributed by atoms with Crippen LogP contribution in [0.1, 0.15) is 13.3 Å². The van der Waals surface area contributed by atoms with Crippen molar-refractivity contribution < 1.29 is 0 Å². The van der Waals surface area contributed by atoms with Gasteiger partial charge in [-0.05, 0) is 42.7 Å². The summed E-state index contributed by atoms with van der Waals surface area (Å²) in [4.78, 5) is 4.56. The van der Waals surface area contributed by atoms with Crippen molar-refractivity contribution in [2.24, 2.45) is 5.92 Å². The van der Waals surface area contributed by atoms with Gasteiger partial charge in [-0.1, -0.05) is 6.92 Å². The van der Waals surface area contributed by atoms with E-state index in [1.165, 1.54) is 6.42 Å². The van der Waals surface area contributed by atoms with Crippen LogP contribution in [0.25, 0.3) is 10.9 Å². The van der Waals surface area contributed by atoms with Gasteiger partial charge in [0.1, 0.15) is 5.82 Å². The Labute approximate surface area is 94.7 Å². The van der Waals surface area contributed by atoms with Crippen LogP contribution in [0.5, 0.6) is 0 Å². The lowest BCUT2D eigenvalue weighted by Crippen LogP contribution is -2.04. The Bertz CT molecular complexity index is 536. The summed E-state index contributed by atoms with van der Waals surface area (Å²) in [6.07, 6.45) is 1.25. The third kappa shape index (κ3) is 1.69. The molecule has 0 amide bonds. The van der Waals surface area contributed by atoms with Gasteiger partial charge in [0.25, 0.3) is 0 Å². The predicted molar refractivity (Wildman–Crippen MR) is 67.3 cm³/mol. The number of nitrogens with two attached hydrogens (primary N) is 1. The zero-order valence-corrected chi connectivity index (χ0v) is 9.27. The zero-order chi connectivity index (χ0) is 11.1. The van der Waals surface area contributed by atoms with Crippen molar-refractivity contribution in [1.29, 1.82) is 0 Å². The van der Waals surface area contributed by atoms with Crippen LogP contribution in [-0.2, 0) is 0 Å². The summed E-state index contributed by atoms with van der Waals surface area (Å²) in [7, 11) is 0. The highest BCUT2D eigenvalue weighted by molar-refractivity contribution is 5.83. The molecule has 1 fully saturated rings. The van der Waals surface area contributed by atoms with E-state index >= 15 is 0 Å². The van der Waals surface area contributed by atoms with Crippen molar-refractivity contribution in [2.45, 2.75) is 19.4 Å². The van der Waals surface area contributed by atoms with Crippen molar-refractivity contribution in [3.63, 3.8) is 0 Å². The first-order valence-electron chi connectivity index (χ1n) is 5.65. The second kappa shape index (κ2) is 3.37. The summed E-state index contributed by atoms with van der Waals surface area (Å²) in [5.74, 6) is 1.75. The highest BCUT2D eigenvalue weighted by Crippen LogP contribution is 2.32. The monoisotopic (exact) mass is 213 g/mol. The number of rotatable bonds is 2. The number of pyridine rings is 1. The first kappa shape index (κ1) is 9.46. The summed E-state index contributed by atoms with van der Waals surface area (Å²) >= 11 is 0. The highest BCUT2D eigenvalue weighted by Gasteiger charge is 2.32. The Morgan fingerprint density at radius 1 is 1.31 bits per heavy atom. The molecule has 1 aromatic carbocycles. The van der Waals surface area contributed by atoms with Crippen LogP contribution in [0.3, 0.4) is 0 Å². The Hall–Kier alpha value is -1.77. The molecule has 1 saturated carbocycles. The highest BCUT2D eigenvalue weighted by atomic mass is 15.0. The average molecular weight is 213 g/mol. The van der Waals surface area contributed by atoms with Gasteiger partial charge in [-0.2, -0.15) is 0 Å². The normalized spacial score (nSPS) is 23.3. The second-order valence-corrected chi connectivity index (χ2v) is 4.61. The summed E-state index contributed by atoms with van der Waals surface area (Å²) in [5.41, 5.74) is 7.50. The number of nitrogen functional groups attached to an aromatic ring is 1. The molecular formula is C13H15N3. The maximum Gasteiger partial charge on any atom is 0.126 e. The van der Waals surface area contributed by atoms with Crippen molar-refractivity contribution in [3.8, 4) is 0 Å². The Morgan fingerprint density at radius 2 is 2.12 bits per heavy atom. The minimum absolute atomic E-state index is 0.610. The van der Waals surface area contributed by atoms with Crippen LogP contribution in [0, 0.1) is 5.92 Å². The van der Waals surface area contributed by atoms with E-state index in [-0.39, 0.29) is 0 Å². The van der Waals surface area contributed by atoms with E-state index in [0.29, 0.717) is 6.04 Å². The van der Waals surface area contributed by atoms with Crippen LogP contribution in [0.2, 0.25) is 0 Å². The summed E-state index contributed by atoms with van der Waals surface area (Å²) < 4.78 is 0. The largest absolute Gasteiger partial charge is 0.399 e. The molecule has 82 valence electrons. The second-order valence-electron chi connectivity index (χ2n) is 4.61. The van der Waals surface area contributed by atoms with Crippen LogP contribution in [-0.4, -0.2) is 11.0 Å². The molecular weight excluding hydrogens is 198 g/mol. The Morgan fingerprint density at radius 3 is 2.88 bits per heavy atom. The summed E-state index contributed by atoms with van der Waals surface area (Å²) in [6.45, 7) is 2.25. The first-order valence-corrected chi connectivity index (χ1v) is 5.65. The molecule has 0 bridgehead atoms. The van der Waals surface area contributed by atoms with Crippen LogP contribution in [0.15, 0.2) is 30.3 Å². The number of nitrogens with zero attached hydrogens (tertiary/aromatic N) is 1. The Balaban J connectivity index is 1.93. The van der Waals surface area contributed by atoms with Gasteiger partial charge in [-0.15, -0.1) is 0 Å². The fourth-order valence-corrected chi connectivity index (χ4v) is 1.94. The molecule has 1 aliphatic rings. The van der Waals surface area contributed by atoms with Gasteiger partial charge in [0.2, 0.25) is 0 Å². The molecule has 2 unspecified atom stereocenters. The fourth-order valence-electron chi connectivity index (χ4n) is 1.94. The maximum absolute atomic E-state index is 5.73. The van der Waals surface area contributed by atoms with Crippen molar-refractivity contribution in [3.05, 3.63) is 30.3 Å². The predicted octanol–water partition coefficient (Wildman–Crippen LogP) is 2.64. The van der Waals surface area contributed by atoms with Gasteiger partial charge in [0, 0.05) is 17.1 Å². The van der Waals surface area contributed by atoms with Gasteiger partial charge < -0.3 is 11.1 Å². The van der Waals surface area contributed by atoms with Crippen LogP contribution >= 0.6 is 0 Å². The van der Waals surface area contributed by atoms with Crippen molar-refractivity contribution in [1.82, 2.24) is 4.98 Å². The van der Waals surface area contributed by atoms with Gasteiger partial charge in [0.15, 0.2) is 0 Å². The fraction of sp³-hybridized carbons (Fsp3) is 0.308. The number of anilines is 2. The molecule has 2 aromatic rings. The minimum Gasteiger partial charge on any atom is -0.399 e. The maximum atomic E-state index is 5.73. The minimum atomic E-state index is 0.610. The van der Waals surface area contributed by atoms with Gasteiger partial charge in [-0.3, -0.25) is 0 Å². The van der Waals surface area contributed by atoms with E-state index in [4.69, 9.17) is 5.73 Å². The van der Waals surface area contributed by atoms with Gasteiger partial charge in [0.05, 0.1) is 5.52 Å².